The van der Waals surface area contributed by atoms with Gasteiger partial charge in [0, 0.05) is 11.6 Å². The summed E-state index contributed by atoms with van der Waals surface area (Å²) in [7, 11) is -7.66. The Bertz CT molecular complexity index is 1210. The van der Waals surface area contributed by atoms with Gasteiger partial charge in [-0.05, 0) is 82.3 Å². The van der Waals surface area contributed by atoms with Crippen molar-refractivity contribution in [1.29, 1.82) is 0 Å². The first-order chi connectivity index (χ1) is 15.9. The Morgan fingerprint density at radius 2 is 1.62 bits per heavy atom. The molecule has 2 N–H and O–H groups in total. The first-order valence-corrected chi connectivity index (χ1v) is 14.2. The quantitative estimate of drug-likeness (QED) is 0.319. The molecule has 1 atom stereocenters. The highest BCUT2D eigenvalue weighted by atomic mass is 35.5. The summed E-state index contributed by atoms with van der Waals surface area (Å²) in [5, 5.41) is 0.450. The normalized spacial score (nSPS) is 13.0. The van der Waals surface area contributed by atoms with Crippen molar-refractivity contribution in [3.63, 3.8) is 0 Å². The Labute approximate surface area is 207 Å². The summed E-state index contributed by atoms with van der Waals surface area (Å²) in [6.07, 6.45) is 0.943. The van der Waals surface area contributed by atoms with Gasteiger partial charge in [0.25, 0.3) is 0 Å². The molecule has 0 spiro atoms. The molecule has 0 aliphatic heterocycles. The summed E-state index contributed by atoms with van der Waals surface area (Å²) in [6.45, 7) is 7.07. The van der Waals surface area contributed by atoms with Gasteiger partial charge in [-0.1, -0.05) is 29.3 Å². The van der Waals surface area contributed by atoms with Gasteiger partial charge in [-0.3, -0.25) is 4.79 Å². The van der Waals surface area contributed by atoms with E-state index in [9.17, 15) is 21.6 Å². The number of sulfonamides is 2. The van der Waals surface area contributed by atoms with E-state index in [0.717, 1.165) is 5.56 Å². The number of nitrogens with one attached hydrogen (secondary N) is 2. The van der Waals surface area contributed by atoms with Gasteiger partial charge in [0.1, 0.15) is 6.04 Å². The molecular formula is C23H31ClN2O6S2. The van der Waals surface area contributed by atoms with Crippen molar-refractivity contribution in [2.45, 2.75) is 62.8 Å². The summed E-state index contributed by atoms with van der Waals surface area (Å²) in [4.78, 5) is 12.6. The second kappa shape index (κ2) is 12.1. The van der Waals surface area contributed by atoms with E-state index in [1.165, 1.54) is 18.2 Å². The molecule has 0 fully saturated rings. The van der Waals surface area contributed by atoms with E-state index in [2.05, 4.69) is 9.44 Å². The van der Waals surface area contributed by atoms with Crippen LogP contribution >= 0.6 is 11.6 Å². The molecule has 0 saturated heterocycles. The molecule has 11 heteroatoms. The number of aryl methyl sites for hydroxylation is 3. The molecule has 2 aromatic rings. The minimum Gasteiger partial charge on any atom is -0.465 e. The van der Waals surface area contributed by atoms with Crippen molar-refractivity contribution in [2.24, 2.45) is 0 Å². The van der Waals surface area contributed by atoms with Crippen LogP contribution in [0.5, 0.6) is 0 Å². The lowest BCUT2D eigenvalue weighted by Gasteiger charge is -2.19. The second-order valence-electron chi connectivity index (χ2n) is 8.00. The zero-order chi connectivity index (χ0) is 25.5. The van der Waals surface area contributed by atoms with Crippen molar-refractivity contribution in [3.05, 3.63) is 58.1 Å². The van der Waals surface area contributed by atoms with Crippen LogP contribution in [0.15, 0.2) is 46.2 Å². The summed E-state index contributed by atoms with van der Waals surface area (Å²) >= 11 is 6.07. The van der Waals surface area contributed by atoms with Crippen LogP contribution in [0.25, 0.3) is 0 Å². The van der Waals surface area contributed by atoms with Crippen LogP contribution < -0.4 is 9.44 Å². The maximum atomic E-state index is 13.0. The van der Waals surface area contributed by atoms with E-state index in [-0.39, 0.29) is 29.4 Å². The Morgan fingerprint density at radius 3 is 2.24 bits per heavy atom. The van der Waals surface area contributed by atoms with Crippen molar-refractivity contribution < 1.29 is 26.4 Å². The lowest BCUT2D eigenvalue weighted by Crippen LogP contribution is -2.42. The number of esters is 1. The van der Waals surface area contributed by atoms with Gasteiger partial charge in [-0.15, -0.1) is 0 Å². The number of rotatable bonds is 12. The zero-order valence-electron chi connectivity index (χ0n) is 19.7. The van der Waals surface area contributed by atoms with Crippen LogP contribution in [-0.2, 0) is 29.6 Å². The fraction of sp³-hybridized carbons (Fsp3) is 0.435. The SMILES string of the molecule is CCOC(=O)C(CCCCNS(=O)(=O)c1ccc(C)cc1)NS(=O)(=O)c1cc(C)c(Cl)cc1C. The number of unbranched alkanes of at least 4 members (excludes halogenated alkanes) is 1. The molecule has 8 nitrogen and oxygen atoms in total. The van der Waals surface area contributed by atoms with Gasteiger partial charge in [-0.2, -0.15) is 4.72 Å². The highest BCUT2D eigenvalue weighted by molar-refractivity contribution is 7.89. The first-order valence-electron chi connectivity index (χ1n) is 10.9. The molecule has 0 saturated carbocycles. The van der Waals surface area contributed by atoms with Gasteiger partial charge in [0.15, 0.2) is 0 Å². The molecular weight excluding hydrogens is 500 g/mol. The number of hydrogen-bond acceptors (Lipinski definition) is 6. The van der Waals surface area contributed by atoms with Gasteiger partial charge in [0.05, 0.1) is 16.4 Å². The zero-order valence-corrected chi connectivity index (χ0v) is 22.1. The summed E-state index contributed by atoms with van der Waals surface area (Å²) in [5.74, 6) is -0.686. The summed E-state index contributed by atoms with van der Waals surface area (Å²) < 4.78 is 60.7. The molecule has 1 unspecified atom stereocenters. The van der Waals surface area contributed by atoms with E-state index in [1.54, 1.807) is 39.0 Å². The number of ether oxygens (including phenoxy) is 1. The van der Waals surface area contributed by atoms with Crippen LogP contribution in [0, 0.1) is 20.8 Å². The molecule has 0 bridgehead atoms. The Balaban J connectivity index is 2.02. The maximum Gasteiger partial charge on any atom is 0.324 e. The average molecular weight is 531 g/mol. The predicted octanol–water partition coefficient (Wildman–Crippen LogP) is 3.62. The molecule has 34 heavy (non-hydrogen) atoms. The van der Waals surface area contributed by atoms with E-state index in [0.29, 0.717) is 29.0 Å². The fourth-order valence-corrected chi connectivity index (χ4v) is 6.07. The molecule has 0 amide bonds. The largest absolute Gasteiger partial charge is 0.465 e. The predicted molar refractivity (Wildman–Crippen MR) is 132 cm³/mol. The highest BCUT2D eigenvalue weighted by Gasteiger charge is 2.28. The van der Waals surface area contributed by atoms with E-state index < -0.39 is 32.1 Å². The number of hydrogen-bond donors (Lipinski definition) is 2. The first kappa shape index (κ1) is 28.3. The van der Waals surface area contributed by atoms with Gasteiger partial charge >= 0.3 is 5.97 Å². The average Bonchev–Trinajstić information content (AvgIpc) is 2.75. The van der Waals surface area contributed by atoms with Crippen LogP contribution in [0.4, 0.5) is 0 Å². The van der Waals surface area contributed by atoms with Crippen LogP contribution in [-0.4, -0.2) is 42.0 Å². The molecule has 2 aromatic carbocycles. The van der Waals surface area contributed by atoms with Crippen molar-refractivity contribution in [2.75, 3.05) is 13.2 Å². The summed E-state index contributed by atoms with van der Waals surface area (Å²) in [6, 6.07) is 8.41. The smallest absolute Gasteiger partial charge is 0.324 e. The maximum absolute atomic E-state index is 13.0. The monoisotopic (exact) mass is 530 g/mol. The molecule has 0 aliphatic carbocycles. The van der Waals surface area contributed by atoms with Crippen LogP contribution in [0.1, 0.15) is 42.9 Å². The minimum atomic E-state index is -4.02. The van der Waals surface area contributed by atoms with Crippen LogP contribution in [0.2, 0.25) is 5.02 Å². The van der Waals surface area contributed by atoms with Crippen LogP contribution in [0.3, 0.4) is 0 Å². The third-order valence-corrected chi connectivity index (χ3v) is 8.65. The topological polar surface area (TPSA) is 119 Å². The van der Waals surface area contributed by atoms with Gasteiger partial charge < -0.3 is 4.74 Å². The van der Waals surface area contributed by atoms with Gasteiger partial charge in [-0.25, -0.2) is 21.6 Å². The van der Waals surface area contributed by atoms with Crippen molar-refractivity contribution >= 4 is 37.6 Å². The number of carbonyl (C=O) groups excluding carboxylic acids is 1. The summed E-state index contributed by atoms with van der Waals surface area (Å²) in [5.41, 5.74) is 2.01. The molecule has 188 valence electrons. The fourth-order valence-electron chi connectivity index (χ4n) is 3.24. The van der Waals surface area contributed by atoms with E-state index in [1.807, 2.05) is 6.92 Å². The Kier molecular flexibility index (Phi) is 10.1. The van der Waals surface area contributed by atoms with Gasteiger partial charge in [0.2, 0.25) is 20.0 Å². The molecule has 0 radical (unpaired) electrons. The lowest BCUT2D eigenvalue weighted by atomic mass is 10.1. The molecule has 0 heterocycles. The molecule has 2 rings (SSSR count). The highest BCUT2D eigenvalue weighted by Crippen LogP contribution is 2.24. The molecule has 0 aromatic heterocycles. The minimum absolute atomic E-state index is 0.0366. The number of carbonyl (C=O) groups is 1. The third kappa shape index (κ3) is 7.78. The Morgan fingerprint density at radius 1 is 0.971 bits per heavy atom. The standard InChI is InChI=1S/C23H31ClN2O6S2/c1-5-32-23(27)21(26-34(30,31)22-15-17(3)20(24)14-18(22)4)8-6-7-13-25-33(28,29)19-11-9-16(2)10-12-19/h9-12,14-15,21,25-26H,5-8,13H2,1-4H3. The van der Waals surface area contributed by atoms with Crippen molar-refractivity contribution in [1.82, 2.24) is 9.44 Å². The number of benzene rings is 2. The third-order valence-electron chi connectivity index (χ3n) is 5.16. The van der Waals surface area contributed by atoms with Crippen molar-refractivity contribution in [3.8, 4) is 0 Å². The lowest BCUT2D eigenvalue weighted by molar-refractivity contribution is -0.145. The van der Waals surface area contributed by atoms with E-state index >= 15 is 0 Å². The Hall–Kier alpha value is -1.98. The number of halogens is 1. The molecule has 0 aliphatic rings. The van der Waals surface area contributed by atoms with E-state index in [4.69, 9.17) is 16.3 Å². The second-order valence-corrected chi connectivity index (χ2v) is 11.9.